The number of benzene rings is 1. The first-order valence-electron chi connectivity index (χ1n) is 8.23. The van der Waals surface area contributed by atoms with Crippen molar-refractivity contribution < 1.29 is 14.3 Å². The summed E-state index contributed by atoms with van der Waals surface area (Å²) in [4.78, 5) is 26.9. The van der Waals surface area contributed by atoms with Crippen molar-refractivity contribution >= 4 is 27.8 Å². The number of halogens is 1. The fourth-order valence-electron chi connectivity index (χ4n) is 4.03. The number of methoxy groups -OCH3 is 1. The zero-order chi connectivity index (χ0) is 16.4. The number of carbonyl (C=O) groups excluding carboxylic acids is 2. The van der Waals surface area contributed by atoms with Crippen LogP contribution in [0.3, 0.4) is 0 Å². The van der Waals surface area contributed by atoms with E-state index in [4.69, 9.17) is 4.74 Å². The molecule has 1 aromatic carbocycles. The molecular formula is C18H22BrNO3. The predicted octanol–water partition coefficient (Wildman–Crippen LogP) is 3.32. The minimum absolute atomic E-state index is 0.0390. The fourth-order valence-corrected chi connectivity index (χ4v) is 4.30. The van der Waals surface area contributed by atoms with Crippen molar-refractivity contribution in [3.8, 4) is 0 Å². The molecule has 23 heavy (non-hydrogen) atoms. The van der Waals surface area contributed by atoms with E-state index in [0.717, 1.165) is 35.7 Å². The second kappa shape index (κ2) is 7.04. The third-order valence-corrected chi connectivity index (χ3v) is 5.65. The van der Waals surface area contributed by atoms with Gasteiger partial charge in [0.25, 0.3) is 0 Å². The van der Waals surface area contributed by atoms with Crippen LogP contribution < -0.4 is 0 Å². The van der Waals surface area contributed by atoms with Crippen molar-refractivity contribution in [1.82, 2.24) is 4.90 Å². The summed E-state index contributed by atoms with van der Waals surface area (Å²) in [6.45, 7) is 0. The summed E-state index contributed by atoms with van der Waals surface area (Å²) in [5.41, 5.74) is 0.973. The summed E-state index contributed by atoms with van der Waals surface area (Å²) in [6, 6.07) is 7.57. The smallest absolute Gasteiger partial charge is 0.328 e. The number of ether oxygens (including phenoxy) is 1. The van der Waals surface area contributed by atoms with Gasteiger partial charge in [0.1, 0.15) is 6.04 Å². The maximum Gasteiger partial charge on any atom is 0.328 e. The van der Waals surface area contributed by atoms with Gasteiger partial charge < -0.3 is 9.64 Å². The van der Waals surface area contributed by atoms with Crippen LogP contribution in [-0.4, -0.2) is 36.0 Å². The highest BCUT2D eigenvalue weighted by Crippen LogP contribution is 2.40. The van der Waals surface area contributed by atoms with Crippen LogP contribution in [0.4, 0.5) is 0 Å². The Morgan fingerprint density at radius 3 is 2.61 bits per heavy atom. The molecule has 0 bridgehead atoms. The summed E-state index contributed by atoms with van der Waals surface area (Å²) in [5, 5.41) is 0. The highest BCUT2D eigenvalue weighted by atomic mass is 79.9. The normalized spacial score (nSPS) is 26.7. The molecule has 1 saturated heterocycles. The lowest BCUT2D eigenvalue weighted by molar-refractivity contribution is -0.152. The van der Waals surface area contributed by atoms with E-state index in [1.165, 1.54) is 13.5 Å². The molecule has 0 N–H and O–H groups in total. The van der Waals surface area contributed by atoms with Gasteiger partial charge in [0.05, 0.1) is 13.5 Å². The van der Waals surface area contributed by atoms with Gasteiger partial charge in [0.2, 0.25) is 5.91 Å². The van der Waals surface area contributed by atoms with Crippen molar-refractivity contribution in [3.05, 3.63) is 34.3 Å². The molecule has 1 heterocycles. The van der Waals surface area contributed by atoms with Crippen LogP contribution in [0.25, 0.3) is 0 Å². The maximum absolute atomic E-state index is 12.9. The van der Waals surface area contributed by atoms with Crippen LogP contribution in [0.2, 0.25) is 0 Å². The first-order chi connectivity index (χ1) is 11.1. The number of rotatable bonds is 3. The molecule has 1 amide bonds. The number of likely N-dealkylation sites (tertiary alicyclic amines) is 1. The van der Waals surface area contributed by atoms with Crippen molar-refractivity contribution in [1.29, 1.82) is 0 Å². The van der Waals surface area contributed by atoms with Gasteiger partial charge in [-0.3, -0.25) is 4.79 Å². The topological polar surface area (TPSA) is 46.6 Å². The Morgan fingerprint density at radius 2 is 1.91 bits per heavy atom. The maximum atomic E-state index is 12.9. The largest absolute Gasteiger partial charge is 0.467 e. The molecule has 1 aliphatic heterocycles. The molecule has 3 rings (SSSR count). The van der Waals surface area contributed by atoms with E-state index >= 15 is 0 Å². The number of hydrogen-bond acceptors (Lipinski definition) is 3. The van der Waals surface area contributed by atoms with E-state index in [1.807, 2.05) is 29.2 Å². The molecule has 2 aliphatic rings. The molecule has 1 saturated carbocycles. The van der Waals surface area contributed by atoms with E-state index in [-0.39, 0.29) is 17.9 Å². The van der Waals surface area contributed by atoms with E-state index in [0.29, 0.717) is 12.3 Å². The lowest BCUT2D eigenvalue weighted by Crippen LogP contribution is -2.47. The zero-order valence-electron chi connectivity index (χ0n) is 13.3. The minimum Gasteiger partial charge on any atom is -0.467 e. The average molecular weight is 380 g/mol. The number of carbonyl (C=O) groups is 2. The first kappa shape index (κ1) is 16.5. The SMILES string of the molecule is COC(=O)C1CC2CCCCC2N1C(=O)Cc1ccc(Br)cc1. The number of hydrogen-bond donors (Lipinski definition) is 0. The summed E-state index contributed by atoms with van der Waals surface area (Å²) in [7, 11) is 1.40. The summed E-state index contributed by atoms with van der Waals surface area (Å²) < 4.78 is 5.94. The predicted molar refractivity (Wildman–Crippen MR) is 90.9 cm³/mol. The second-order valence-electron chi connectivity index (χ2n) is 6.49. The molecule has 4 nitrogen and oxygen atoms in total. The monoisotopic (exact) mass is 379 g/mol. The van der Waals surface area contributed by atoms with Gasteiger partial charge in [0, 0.05) is 10.5 Å². The van der Waals surface area contributed by atoms with Crippen molar-refractivity contribution in [2.24, 2.45) is 5.92 Å². The lowest BCUT2D eigenvalue weighted by atomic mass is 9.84. The van der Waals surface area contributed by atoms with Gasteiger partial charge in [-0.1, -0.05) is 40.9 Å². The van der Waals surface area contributed by atoms with E-state index in [2.05, 4.69) is 15.9 Å². The highest BCUT2D eigenvalue weighted by molar-refractivity contribution is 9.10. The van der Waals surface area contributed by atoms with Crippen LogP contribution in [0, 0.1) is 5.92 Å². The second-order valence-corrected chi connectivity index (χ2v) is 7.41. The summed E-state index contributed by atoms with van der Waals surface area (Å²) in [5.74, 6) is 0.211. The van der Waals surface area contributed by atoms with Gasteiger partial charge >= 0.3 is 5.97 Å². The number of esters is 1. The molecule has 2 fully saturated rings. The lowest BCUT2D eigenvalue weighted by Gasteiger charge is -2.33. The molecule has 3 atom stereocenters. The molecule has 124 valence electrons. The number of fused-ring (bicyclic) bond motifs is 1. The minimum atomic E-state index is -0.406. The van der Waals surface area contributed by atoms with Gasteiger partial charge in [-0.25, -0.2) is 4.79 Å². The molecular weight excluding hydrogens is 358 g/mol. The van der Waals surface area contributed by atoms with Crippen molar-refractivity contribution in [2.45, 2.75) is 50.6 Å². The Hall–Kier alpha value is -1.36. The van der Waals surface area contributed by atoms with E-state index < -0.39 is 6.04 Å². The van der Waals surface area contributed by atoms with E-state index in [9.17, 15) is 9.59 Å². The third kappa shape index (κ3) is 3.44. The molecule has 3 unspecified atom stereocenters. The van der Waals surface area contributed by atoms with Crippen LogP contribution in [0.5, 0.6) is 0 Å². The first-order valence-corrected chi connectivity index (χ1v) is 9.03. The van der Waals surface area contributed by atoms with Gasteiger partial charge in [-0.15, -0.1) is 0 Å². The van der Waals surface area contributed by atoms with E-state index in [1.54, 1.807) is 0 Å². The Bertz CT molecular complexity index is 586. The number of amides is 1. The van der Waals surface area contributed by atoms with Gasteiger partial charge in [-0.2, -0.15) is 0 Å². The highest BCUT2D eigenvalue weighted by Gasteiger charge is 2.47. The van der Waals surface area contributed by atoms with Crippen molar-refractivity contribution in [3.63, 3.8) is 0 Å². The van der Waals surface area contributed by atoms with Gasteiger partial charge in [0.15, 0.2) is 0 Å². The summed E-state index contributed by atoms with van der Waals surface area (Å²) >= 11 is 3.40. The standard InChI is InChI=1S/C18H22BrNO3/c1-23-18(22)16-11-13-4-2-3-5-15(13)20(16)17(21)10-12-6-8-14(19)9-7-12/h6-9,13,15-16H,2-5,10-11H2,1H3. The molecule has 0 radical (unpaired) electrons. The zero-order valence-corrected chi connectivity index (χ0v) is 14.9. The number of nitrogens with zero attached hydrogens (tertiary/aromatic N) is 1. The Morgan fingerprint density at radius 1 is 1.22 bits per heavy atom. The van der Waals surface area contributed by atoms with Crippen LogP contribution >= 0.6 is 15.9 Å². The summed E-state index contributed by atoms with van der Waals surface area (Å²) in [6.07, 6.45) is 5.54. The Balaban J connectivity index is 1.79. The van der Waals surface area contributed by atoms with Gasteiger partial charge in [-0.05, 0) is 42.9 Å². The van der Waals surface area contributed by atoms with Crippen molar-refractivity contribution in [2.75, 3.05) is 7.11 Å². The van der Waals surface area contributed by atoms with Crippen LogP contribution in [0.15, 0.2) is 28.7 Å². The fraction of sp³-hybridized carbons (Fsp3) is 0.556. The molecule has 0 spiro atoms. The molecule has 5 heteroatoms. The third-order valence-electron chi connectivity index (χ3n) is 5.12. The Kier molecular flexibility index (Phi) is 5.05. The Labute approximate surface area is 145 Å². The van der Waals surface area contributed by atoms with Crippen LogP contribution in [0.1, 0.15) is 37.7 Å². The van der Waals surface area contributed by atoms with Crippen LogP contribution in [-0.2, 0) is 20.7 Å². The molecule has 1 aliphatic carbocycles. The average Bonchev–Trinajstić information content (AvgIpc) is 2.95. The quantitative estimate of drug-likeness (QED) is 0.756. The molecule has 0 aromatic heterocycles. The molecule has 1 aromatic rings.